The number of aromatic nitrogens is 2. The van der Waals surface area contributed by atoms with Crippen LogP contribution in [0.4, 0.5) is 0 Å². The lowest BCUT2D eigenvalue weighted by molar-refractivity contribution is 0.103. The van der Waals surface area contributed by atoms with Gasteiger partial charge in [0.25, 0.3) is 5.56 Å². The summed E-state index contributed by atoms with van der Waals surface area (Å²) in [5.74, 6) is -0.359. The fraction of sp³-hybridized carbons (Fsp3) is 0.267. The first-order valence-corrected chi connectivity index (χ1v) is 6.22. The zero-order valence-electron chi connectivity index (χ0n) is 11.9. The zero-order valence-corrected chi connectivity index (χ0v) is 11.9. The largest absolute Gasteiger partial charge is 0.330 e. The second-order valence-corrected chi connectivity index (χ2v) is 4.88. The molecule has 0 aliphatic rings. The second-order valence-electron chi connectivity index (χ2n) is 4.88. The summed E-state index contributed by atoms with van der Waals surface area (Å²) in [5.41, 5.74) is 1.29. The Labute approximate surface area is 116 Å². The van der Waals surface area contributed by atoms with E-state index in [-0.39, 0.29) is 11.3 Å². The van der Waals surface area contributed by atoms with E-state index in [9.17, 15) is 14.4 Å². The number of hydrogen-bond donors (Lipinski definition) is 0. The van der Waals surface area contributed by atoms with Gasteiger partial charge in [-0.25, -0.2) is 4.79 Å². The van der Waals surface area contributed by atoms with Crippen LogP contribution in [0.5, 0.6) is 0 Å². The molecular formula is C15H16N2O3. The molecule has 5 nitrogen and oxygen atoms in total. The summed E-state index contributed by atoms with van der Waals surface area (Å²) in [5, 5.41) is 0. The Morgan fingerprint density at radius 3 is 2.35 bits per heavy atom. The van der Waals surface area contributed by atoms with E-state index < -0.39 is 11.2 Å². The molecule has 2 aromatic rings. The highest BCUT2D eigenvalue weighted by Crippen LogP contribution is 2.15. The molecule has 0 amide bonds. The molecule has 0 spiro atoms. The number of carbonyl (C=O) groups is 1. The monoisotopic (exact) mass is 272 g/mol. The Hall–Kier alpha value is -2.43. The molecule has 20 heavy (non-hydrogen) atoms. The highest BCUT2D eigenvalue weighted by molar-refractivity contribution is 6.09. The van der Waals surface area contributed by atoms with E-state index in [0.29, 0.717) is 5.56 Å². The Balaban J connectivity index is 2.70. The van der Waals surface area contributed by atoms with Gasteiger partial charge in [0.2, 0.25) is 0 Å². The van der Waals surface area contributed by atoms with E-state index in [1.54, 1.807) is 12.1 Å². The second kappa shape index (κ2) is 4.92. The predicted molar refractivity (Wildman–Crippen MR) is 76.3 cm³/mol. The third-order valence-corrected chi connectivity index (χ3v) is 3.54. The highest BCUT2D eigenvalue weighted by atomic mass is 16.2. The molecule has 1 aromatic heterocycles. The van der Waals surface area contributed by atoms with Crippen LogP contribution >= 0.6 is 0 Å². The van der Waals surface area contributed by atoms with E-state index in [0.717, 1.165) is 15.7 Å². The maximum absolute atomic E-state index is 12.5. The van der Waals surface area contributed by atoms with Gasteiger partial charge >= 0.3 is 5.69 Å². The van der Waals surface area contributed by atoms with Gasteiger partial charge in [0, 0.05) is 25.9 Å². The van der Waals surface area contributed by atoms with Crippen LogP contribution in [0.2, 0.25) is 0 Å². The minimum absolute atomic E-state index is 0.00306. The molecule has 0 unspecified atom stereocenters. The van der Waals surface area contributed by atoms with Crippen molar-refractivity contribution in [2.75, 3.05) is 0 Å². The van der Waals surface area contributed by atoms with E-state index >= 15 is 0 Å². The van der Waals surface area contributed by atoms with Crippen molar-refractivity contribution in [3.63, 3.8) is 0 Å². The van der Waals surface area contributed by atoms with Gasteiger partial charge in [-0.05, 0) is 25.0 Å². The minimum atomic E-state index is -0.570. The third kappa shape index (κ3) is 2.11. The molecule has 2 rings (SSSR count). The maximum Gasteiger partial charge on any atom is 0.330 e. The number of benzene rings is 1. The maximum atomic E-state index is 12.5. The average Bonchev–Trinajstić information content (AvgIpc) is 2.43. The van der Waals surface area contributed by atoms with Crippen molar-refractivity contribution in [3.8, 4) is 0 Å². The average molecular weight is 272 g/mol. The van der Waals surface area contributed by atoms with Crippen LogP contribution in [0.15, 0.2) is 34.0 Å². The summed E-state index contributed by atoms with van der Waals surface area (Å²) in [7, 11) is 2.88. The van der Waals surface area contributed by atoms with Crippen LogP contribution in [0, 0.1) is 13.8 Å². The first-order chi connectivity index (χ1) is 9.34. The molecule has 0 radical (unpaired) electrons. The van der Waals surface area contributed by atoms with E-state index in [4.69, 9.17) is 0 Å². The molecule has 5 heteroatoms. The summed E-state index contributed by atoms with van der Waals surface area (Å²) < 4.78 is 2.18. The van der Waals surface area contributed by atoms with Crippen molar-refractivity contribution in [3.05, 3.63) is 67.5 Å². The quantitative estimate of drug-likeness (QED) is 0.764. The molecule has 0 saturated carbocycles. The van der Waals surface area contributed by atoms with Crippen molar-refractivity contribution in [1.29, 1.82) is 0 Å². The van der Waals surface area contributed by atoms with Gasteiger partial charge in [0.05, 0.1) is 0 Å². The van der Waals surface area contributed by atoms with Crippen LogP contribution in [0.25, 0.3) is 0 Å². The topological polar surface area (TPSA) is 61.1 Å². The first-order valence-electron chi connectivity index (χ1n) is 6.22. The Bertz CT molecular complexity index is 813. The van der Waals surface area contributed by atoms with Crippen LogP contribution in [-0.4, -0.2) is 14.9 Å². The molecule has 0 atom stereocenters. The van der Waals surface area contributed by atoms with Crippen LogP contribution in [0.1, 0.15) is 27.0 Å². The van der Waals surface area contributed by atoms with Gasteiger partial charge in [-0.15, -0.1) is 0 Å². The van der Waals surface area contributed by atoms with Gasteiger partial charge in [0.1, 0.15) is 5.56 Å². The number of ketones is 1. The lowest BCUT2D eigenvalue weighted by atomic mass is 9.97. The Morgan fingerprint density at radius 1 is 1.05 bits per heavy atom. The van der Waals surface area contributed by atoms with Crippen molar-refractivity contribution in [2.24, 2.45) is 14.1 Å². The van der Waals surface area contributed by atoms with Crippen LogP contribution < -0.4 is 11.2 Å². The SMILES string of the molecule is Cc1cccc(C(=O)c2cn(C)c(=O)n(C)c2=O)c1C. The summed E-state index contributed by atoms with van der Waals surface area (Å²) in [6, 6.07) is 5.38. The van der Waals surface area contributed by atoms with Gasteiger partial charge in [-0.3, -0.25) is 14.2 Å². The smallest absolute Gasteiger partial charge is 0.303 e. The van der Waals surface area contributed by atoms with Crippen LogP contribution in [0.3, 0.4) is 0 Å². The summed E-state index contributed by atoms with van der Waals surface area (Å²) in [6.07, 6.45) is 1.30. The van der Waals surface area contributed by atoms with Crippen LogP contribution in [-0.2, 0) is 14.1 Å². The zero-order chi connectivity index (χ0) is 15.0. The number of hydrogen-bond acceptors (Lipinski definition) is 3. The molecule has 1 heterocycles. The Kier molecular flexibility index (Phi) is 3.44. The molecule has 0 bridgehead atoms. The summed E-state index contributed by atoms with van der Waals surface area (Å²) >= 11 is 0. The minimum Gasteiger partial charge on any atom is -0.303 e. The predicted octanol–water partition coefficient (Wildman–Crippen LogP) is 0.932. The normalized spacial score (nSPS) is 10.6. The Morgan fingerprint density at radius 2 is 1.70 bits per heavy atom. The molecule has 0 aliphatic heterocycles. The third-order valence-electron chi connectivity index (χ3n) is 3.54. The number of aryl methyl sites for hydroxylation is 2. The van der Waals surface area contributed by atoms with Crippen molar-refractivity contribution >= 4 is 5.78 Å². The van der Waals surface area contributed by atoms with Crippen molar-refractivity contribution < 1.29 is 4.79 Å². The molecule has 0 aliphatic carbocycles. The summed E-state index contributed by atoms with van der Waals surface area (Å²) in [6.45, 7) is 3.75. The van der Waals surface area contributed by atoms with Gasteiger partial charge < -0.3 is 4.57 Å². The molecule has 1 aromatic carbocycles. The van der Waals surface area contributed by atoms with Gasteiger partial charge in [-0.1, -0.05) is 18.2 Å². The van der Waals surface area contributed by atoms with E-state index in [2.05, 4.69) is 0 Å². The van der Waals surface area contributed by atoms with Crippen molar-refractivity contribution in [1.82, 2.24) is 9.13 Å². The van der Waals surface area contributed by atoms with E-state index in [1.807, 2.05) is 19.9 Å². The number of carbonyl (C=O) groups excluding carboxylic acids is 1. The highest BCUT2D eigenvalue weighted by Gasteiger charge is 2.18. The van der Waals surface area contributed by atoms with Crippen molar-refractivity contribution in [2.45, 2.75) is 13.8 Å². The molecule has 104 valence electrons. The number of nitrogens with zero attached hydrogens (tertiary/aromatic N) is 2. The lowest BCUT2D eigenvalue weighted by Gasteiger charge is -2.09. The number of rotatable bonds is 2. The van der Waals surface area contributed by atoms with Gasteiger partial charge in [0.15, 0.2) is 5.78 Å². The fourth-order valence-corrected chi connectivity index (χ4v) is 2.11. The lowest BCUT2D eigenvalue weighted by Crippen LogP contribution is -2.39. The molecule has 0 fully saturated rings. The van der Waals surface area contributed by atoms with E-state index in [1.165, 1.54) is 24.9 Å². The molecular weight excluding hydrogens is 256 g/mol. The first kappa shape index (κ1) is 14.0. The standard InChI is InChI=1S/C15H16N2O3/c1-9-6-5-7-11(10(9)2)13(18)12-8-16(3)15(20)17(4)14(12)19/h5-8H,1-4H3. The fourth-order valence-electron chi connectivity index (χ4n) is 2.11. The summed E-state index contributed by atoms with van der Waals surface area (Å²) in [4.78, 5) is 36.2. The molecule has 0 saturated heterocycles. The van der Waals surface area contributed by atoms with Gasteiger partial charge in [-0.2, -0.15) is 0 Å². The molecule has 0 N–H and O–H groups in total.